The van der Waals surface area contributed by atoms with Crippen LogP contribution in [0, 0.1) is 5.92 Å². The molecule has 0 radical (unpaired) electrons. The number of hydrogen-bond donors (Lipinski definition) is 1. The van der Waals surface area contributed by atoms with Crippen molar-refractivity contribution in [3.05, 3.63) is 35.4 Å². The summed E-state index contributed by atoms with van der Waals surface area (Å²) >= 11 is 0. The Kier molecular flexibility index (Phi) is 4.35. The highest BCUT2D eigenvalue weighted by Crippen LogP contribution is 2.22. The number of nitrogens with one attached hydrogen (secondary N) is 1. The molecule has 2 unspecified atom stereocenters. The number of hydrogen-bond acceptors (Lipinski definition) is 2. The molecule has 0 amide bonds. The maximum Gasteiger partial charge on any atom is 0.0722 e. The molecule has 1 saturated heterocycles. The zero-order valence-electron chi connectivity index (χ0n) is 10.6. The lowest BCUT2D eigenvalue weighted by atomic mass is 10.0. The summed E-state index contributed by atoms with van der Waals surface area (Å²) in [5.41, 5.74) is 2.58. The fourth-order valence-electron chi connectivity index (χ4n) is 2.25. The molecular weight excluding hydrogens is 230 g/mol. The first-order valence-electron chi connectivity index (χ1n) is 6.33. The van der Waals surface area contributed by atoms with Gasteiger partial charge >= 0.3 is 0 Å². The standard InChI is InChI=1S/C14H21NOS/c1-11(2)9-12-3-5-13(6-4-12)14-10-15-7-8-17(14)16/h3-6,11,14-15H,7-10H2,1-2H3. The van der Waals surface area contributed by atoms with Crippen LogP contribution in [0.4, 0.5) is 0 Å². The van der Waals surface area contributed by atoms with E-state index in [4.69, 9.17) is 0 Å². The van der Waals surface area contributed by atoms with Gasteiger partial charge in [-0.2, -0.15) is 0 Å². The molecule has 2 rings (SSSR count). The second-order valence-corrected chi connectivity index (χ2v) is 6.86. The average Bonchev–Trinajstić information content (AvgIpc) is 2.30. The predicted octanol–water partition coefficient (Wildman–Crippen LogP) is 2.28. The first-order chi connectivity index (χ1) is 8.16. The average molecular weight is 251 g/mol. The zero-order valence-corrected chi connectivity index (χ0v) is 11.4. The van der Waals surface area contributed by atoms with Crippen molar-refractivity contribution < 1.29 is 4.21 Å². The van der Waals surface area contributed by atoms with Crippen molar-refractivity contribution in [2.75, 3.05) is 18.8 Å². The molecule has 3 heteroatoms. The maximum absolute atomic E-state index is 11.9. The second-order valence-electron chi connectivity index (χ2n) is 5.12. The molecule has 1 fully saturated rings. The molecule has 2 atom stereocenters. The van der Waals surface area contributed by atoms with Gasteiger partial charge in [-0.05, 0) is 23.5 Å². The topological polar surface area (TPSA) is 29.1 Å². The van der Waals surface area contributed by atoms with Crippen molar-refractivity contribution in [2.24, 2.45) is 5.92 Å². The fourth-order valence-corrected chi connectivity index (χ4v) is 3.65. The van der Waals surface area contributed by atoms with Crippen molar-refractivity contribution in [2.45, 2.75) is 25.5 Å². The Morgan fingerprint density at radius 3 is 2.65 bits per heavy atom. The highest BCUT2D eigenvalue weighted by molar-refractivity contribution is 7.85. The van der Waals surface area contributed by atoms with Gasteiger partial charge < -0.3 is 5.32 Å². The summed E-state index contributed by atoms with van der Waals surface area (Å²) in [5.74, 6) is 1.46. The van der Waals surface area contributed by atoms with Crippen LogP contribution in [0.5, 0.6) is 0 Å². The molecule has 1 N–H and O–H groups in total. The van der Waals surface area contributed by atoms with Gasteiger partial charge in [0.1, 0.15) is 0 Å². The third kappa shape index (κ3) is 3.39. The molecule has 1 aromatic rings. The minimum absolute atomic E-state index is 0.178. The second kappa shape index (κ2) is 5.78. The third-order valence-electron chi connectivity index (χ3n) is 3.12. The van der Waals surface area contributed by atoms with E-state index in [-0.39, 0.29) is 5.25 Å². The highest BCUT2D eigenvalue weighted by Gasteiger charge is 2.21. The van der Waals surface area contributed by atoms with Crippen LogP contribution in [0.3, 0.4) is 0 Å². The van der Waals surface area contributed by atoms with E-state index < -0.39 is 10.8 Å². The zero-order chi connectivity index (χ0) is 12.3. The monoisotopic (exact) mass is 251 g/mol. The first kappa shape index (κ1) is 12.8. The van der Waals surface area contributed by atoms with Gasteiger partial charge in [0.15, 0.2) is 0 Å². The maximum atomic E-state index is 11.9. The minimum Gasteiger partial charge on any atom is -0.314 e. The fraction of sp³-hybridized carbons (Fsp3) is 0.571. The van der Waals surface area contributed by atoms with E-state index in [1.807, 2.05) is 0 Å². The van der Waals surface area contributed by atoms with Gasteiger partial charge in [0, 0.05) is 29.6 Å². The molecule has 0 aliphatic carbocycles. The Hall–Kier alpha value is -0.670. The van der Waals surface area contributed by atoms with Crippen LogP contribution < -0.4 is 5.32 Å². The summed E-state index contributed by atoms with van der Waals surface area (Å²) in [7, 11) is -0.709. The van der Waals surface area contributed by atoms with Crippen LogP contribution >= 0.6 is 0 Å². The van der Waals surface area contributed by atoms with E-state index >= 15 is 0 Å². The van der Waals surface area contributed by atoms with Gasteiger partial charge in [-0.1, -0.05) is 38.1 Å². The van der Waals surface area contributed by atoms with E-state index in [1.54, 1.807) is 0 Å². The lowest BCUT2D eigenvalue weighted by Crippen LogP contribution is -2.35. The van der Waals surface area contributed by atoms with E-state index in [2.05, 4.69) is 43.4 Å². The SMILES string of the molecule is CC(C)Cc1ccc(C2CNCCS2=O)cc1. The van der Waals surface area contributed by atoms with Crippen molar-refractivity contribution >= 4 is 10.8 Å². The van der Waals surface area contributed by atoms with Crippen LogP contribution in [-0.2, 0) is 17.2 Å². The van der Waals surface area contributed by atoms with E-state index in [1.165, 1.54) is 11.1 Å². The van der Waals surface area contributed by atoms with Crippen molar-refractivity contribution in [3.63, 3.8) is 0 Å². The minimum atomic E-state index is -0.709. The quantitative estimate of drug-likeness (QED) is 0.893. The van der Waals surface area contributed by atoms with Crippen molar-refractivity contribution in [1.29, 1.82) is 0 Å². The van der Waals surface area contributed by atoms with Gasteiger partial charge in [-0.15, -0.1) is 0 Å². The Balaban J connectivity index is 2.08. The van der Waals surface area contributed by atoms with Gasteiger partial charge in [0.2, 0.25) is 0 Å². The summed E-state index contributed by atoms with van der Waals surface area (Å²) in [4.78, 5) is 0. The van der Waals surface area contributed by atoms with Gasteiger partial charge in [0.05, 0.1) is 5.25 Å². The Morgan fingerprint density at radius 2 is 2.06 bits per heavy atom. The highest BCUT2D eigenvalue weighted by atomic mass is 32.2. The van der Waals surface area contributed by atoms with Crippen molar-refractivity contribution in [3.8, 4) is 0 Å². The summed E-state index contributed by atoms with van der Waals surface area (Å²) in [5, 5.41) is 3.50. The Morgan fingerprint density at radius 1 is 1.35 bits per heavy atom. The predicted molar refractivity (Wildman–Crippen MR) is 73.6 cm³/mol. The molecule has 2 nitrogen and oxygen atoms in total. The summed E-state index contributed by atoms with van der Waals surface area (Å²) in [6, 6.07) is 8.66. The molecule has 0 saturated carbocycles. The first-order valence-corrected chi connectivity index (χ1v) is 7.72. The molecular formula is C14H21NOS. The van der Waals surface area contributed by atoms with Gasteiger partial charge in [-0.25, -0.2) is 0 Å². The molecule has 1 heterocycles. The van der Waals surface area contributed by atoms with Crippen LogP contribution in [0.2, 0.25) is 0 Å². The summed E-state index contributed by atoms with van der Waals surface area (Å²) in [6.45, 7) is 6.19. The molecule has 0 spiro atoms. The number of benzene rings is 1. The van der Waals surface area contributed by atoms with Crippen LogP contribution in [-0.4, -0.2) is 23.1 Å². The Bertz CT molecular complexity index is 386. The normalized spacial score (nSPS) is 25.1. The van der Waals surface area contributed by atoms with Crippen LogP contribution in [0.15, 0.2) is 24.3 Å². The molecule has 0 aromatic heterocycles. The van der Waals surface area contributed by atoms with Crippen molar-refractivity contribution in [1.82, 2.24) is 5.32 Å². The van der Waals surface area contributed by atoms with Crippen LogP contribution in [0.25, 0.3) is 0 Å². The van der Waals surface area contributed by atoms with Gasteiger partial charge in [0.25, 0.3) is 0 Å². The molecule has 1 aliphatic heterocycles. The molecule has 1 aromatic carbocycles. The van der Waals surface area contributed by atoms with Crippen LogP contribution in [0.1, 0.15) is 30.2 Å². The molecule has 0 bridgehead atoms. The third-order valence-corrected chi connectivity index (χ3v) is 4.80. The lowest BCUT2D eigenvalue weighted by molar-refractivity contribution is 0.623. The smallest absolute Gasteiger partial charge is 0.0722 e. The largest absolute Gasteiger partial charge is 0.314 e. The molecule has 17 heavy (non-hydrogen) atoms. The summed E-state index contributed by atoms with van der Waals surface area (Å²) < 4.78 is 11.9. The van der Waals surface area contributed by atoms with E-state index in [9.17, 15) is 4.21 Å². The van der Waals surface area contributed by atoms with E-state index in [0.717, 1.165) is 25.3 Å². The van der Waals surface area contributed by atoms with Gasteiger partial charge in [-0.3, -0.25) is 4.21 Å². The van der Waals surface area contributed by atoms with E-state index in [0.29, 0.717) is 5.92 Å². The summed E-state index contributed by atoms with van der Waals surface area (Å²) in [6.07, 6.45) is 1.12. The molecule has 94 valence electrons. The Labute approximate surface area is 106 Å². The lowest BCUT2D eigenvalue weighted by Gasteiger charge is -2.22. The molecule has 1 aliphatic rings. The number of rotatable bonds is 3.